The Morgan fingerprint density at radius 1 is 0.729 bits per heavy atom. The molecule has 12 heteroatoms. The molecule has 4 aromatic rings. The average Bonchev–Trinajstić information content (AvgIpc) is 3.23. The third kappa shape index (κ3) is 7.64. The van der Waals surface area contributed by atoms with E-state index in [1.807, 2.05) is 74.8 Å². The predicted octanol–water partition coefficient (Wildman–Crippen LogP) is 8.31. The number of hydrogen-bond acceptors (Lipinski definition) is 8. The summed E-state index contributed by atoms with van der Waals surface area (Å²) < 4.78 is 38.8. The molecule has 59 heavy (non-hydrogen) atoms. The highest BCUT2D eigenvalue weighted by atomic mass is 16.6. The second kappa shape index (κ2) is 16.7. The van der Waals surface area contributed by atoms with E-state index in [9.17, 15) is 19.8 Å². The molecule has 0 spiro atoms. The number of hydrogen-bond donors (Lipinski definition) is 2. The van der Waals surface area contributed by atoms with Crippen LogP contribution in [0.4, 0.5) is 0 Å². The number of likely N-dealkylation sites (N-methyl/N-ethyl adjacent to an activating group) is 2. The van der Waals surface area contributed by atoms with Crippen LogP contribution in [0.2, 0.25) is 0 Å². The first kappa shape index (κ1) is 41.7. The summed E-state index contributed by atoms with van der Waals surface area (Å²) in [5.41, 5.74) is 5.81. The second-order valence-corrected chi connectivity index (χ2v) is 16.7. The van der Waals surface area contributed by atoms with E-state index in [1.54, 1.807) is 35.2 Å². The topological polar surface area (TPSA) is 130 Å². The second-order valence-electron chi connectivity index (χ2n) is 16.7. The lowest BCUT2D eigenvalue weighted by molar-refractivity contribution is -0.954. The Hall–Kier alpha value is -5.46. The van der Waals surface area contributed by atoms with Crippen molar-refractivity contribution in [2.24, 2.45) is 0 Å². The highest BCUT2D eigenvalue weighted by Gasteiger charge is 2.50. The normalized spacial score (nSPS) is 22.9. The maximum atomic E-state index is 13.0. The van der Waals surface area contributed by atoms with Gasteiger partial charge in [0.15, 0.2) is 46.6 Å². The summed E-state index contributed by atoms with van der Waals surface area (Å²) in [6, 6.07) is 17.7. The molecule has 2 N–H and O–H groups in total. The molecule has 4 aliphatic heterocycles. The van der Waals surface area contributed by atoms with Gasteiger partial charge in [-0.3, -0.25) is 0 Å². The fourth-order valence-electron chi connectivity index (χ4n) is 9.36. The summed E-state index contributed by atoms with van der Waals surface area (Å²) in [6.45, 7) is 7.24. The number of carbonyl (C=O) groups is 2. The zero-order valence-corrected chi connectivity index (χ0v) is 35.5. The van der Waals surface area contributed by atoms with Gasteiger partial charge >= 0.3 is 11.9 Å². The molecule has 6 atom stereocenters. The van der Waals surface area contributed by atoms with E-state index >= 15 is 0 Å². The molecule has 0 fully saturated rings. The van der Waals surface area contributed by atoms with Crippen molar-refractivity contribution in [1.82, 2.24) is 0 Å². The third-order valence-electron chi connectivity index (χ3n) is 13.5. The first-order chi connectivity index (χ1) is 28.3. The molecule has 0 amide bonds. The van der Waals surface area contributed by atoms with Gasteiger partial charge < -0.3 is 47.6 Å². The Bertz CT molecular complexity index is 2220. The number of benzene rings is 4. The van der Waals surface area contributed by atoms with Gasteiger partial charge in [0.05, 0.1) is 60.7 Å². The SMILES string of the molecule is CCCCOc1c(OC)cc2c3c1Oc1cc4c(cc1OC)CC[N+](C)(C(C)C(=O)O)C4Cc1ccc(cc1)Oc1cc(ccc1OC)CC3[N+](C)(C(C)C(=O)O)CC2. The van der Waals surface area contributed by atoms with E-state index in [0.29, 0.717) is 91.4 Å². The zero-order valence-electron chi connectivity index (χ0n) is 35.5. The molecule has 0 radical (unpaired) electrons. The fourth-order valence-corrected chi connectivity index (χ4v) is 9.36. The minimum absolute atomic E-state index is 0.190. The van der Waals surface area contributed by atoms with Crippen molar-refractivity contribution < 1.29 is 57.2 Å². The molecule has 0 aliphatic carbocycles. The number of carboxylic acids is 2. The summed E-state index contributed by atoms with van der Waals surface area (Å²) in [7, 11) is 8.89. The van der Waals surface area contributed by atoms with Crippen LogP contribution in [0.5, 0.6) is 46.0 Å². The minimum Gasteiger partial charge on any atom is -0.493 e. The first-order valence-electron chi connectivity index (χ1n) is 20.6. The maximum absolute atomic E-state index is 13.0. The van der Waals surface area contributed by atoms with Gasteiger partial charge in [-0.1, -0.05) is 31.5 Å². The Morgan fingerprint density at radius 3 is 1.93 bits per heavy atom. The number of quaternary nitrogens is 2. The fraction of sp³-hybridized carbons (Fsp3) is 0.447. The molecule has 12 nitrogen and oxygen atoms in total. The molecule has 0 saturated heterocycles. The van der Waals surface area contributed by atoms with Crippen LogP contribution in [0.15, 0.2) is 60.7 Å². The number of aliphatic carboxylic acids is 2. The van der Waals surface area contributed by atoms with Crippen LogP contribution in [-0.4, -0.2) is 98.3 Å². The molecule has 314 valence electrons. The van der Waals surface area contributed by atoms with E-state index in [2.05, 4.69) is 6.92 Å². The number of unbranched alkanes of at least 4 members (excludes halogenated alkanes) is 1. The summed E-state index contributed by atoms with van der Waals surface area (Å²) >= 11 is 0. The smallest absolute Gasteiger partial charge is 0.362 e. The van der Waals surface area contributed by atoms with E-state index in [-0.39, 0.29) is 15.0 Å². The van der Waals surface area contributed by atoms with Crippen molar-refractivity contribution >= 4 is 11.9 Å². The van der Waals surface area contributed by atoms with E-state index in [4.69, 9.17) is 28.4 Å². The molecule has 6 bridgehead atoms. The minimum atomic E-state index is -0.896. The van der Waals surface area contributed by atoms with Crippen molar-refractivity contribution in [3.05, 3.63) is 94.0 Å². The molecule has 8 rings (SSSR count). The molecule has 4 aromatic carbocycles. The van der Waals surface area contributed by atoms with Gasteiger partial charge in [-0.2, -0.15) is 0 Å². The van der Waals surface area contributed by atoms with Crippen LogP contribution < -0.4 is 28.4 Å². The number of nitrogens with zero attached hydrogens (tertiary/aromatic N) is 2. The van der Waals surface area contributed by atoms with E-state index < -0.39 is 30.1 Å². The molecular weight excluding hydrogens is 753 g/mol. The summed E-state index contributed by atoms with van der Waals surface area (Å²) in [6.07, 6.45) is 3.91. The zero-order chi connectivity index (χ0) is 42.2. The Labute approximate surface area is 347 Å². The van der Waals surface area contributed by atoms with Crippen molar-refractivity contribution in [2.45, 2.75) is 83.5 Å². The lowest BCUT2D eigenvalue weighted by atomic mass is 9.84. The molecular formula is C47H58N2O10+2. The van der Waals surface area contributed by atoms with Gasteiger partial charge in [-0.05, 0) is 85.0 Å². The standard InChI is InChI=1S/C47H56N2O10/c1-9-10-21-57-44-42(56-8)26-33-18-20-49(5,29(3)47(52)53)37-23-31-13-16-38(54-6)40(24-31)58-34-14-11-30(12-15-34)22-36-35-27-41(59-45(44)43(33)37)39(55-7)25-32(35)17-19-48(36,4)28(2)46(50)51/h11-16,24-29,36-37H,9-10,17-23H2,1-8H3/p+2. The van der Waals surface area contributed by atoms with Crippen molar-refractivity contribution in [2.75, 3.05) is 55.1 Å². The quantitative estimate of drug-likeness (QED) is 0.113. The van der Waals surface area contributed by atoms with Crippen LogP contribution in [0.25, 0.3) is 0 Å². The lowest BCUT2D eigenvalue weighted by Crippen LogP contribution is -2.59. The largest absolute Gasteiger partial charge is 0.493 e. The van der Waals surface area contributed by atoms with Gasteiger partial charge in [-0.25, -0.2) is 9.59 Å². The predicted molar refractivity (Wildman–Crippen MR) is 223 cm³/mol. The number of rotatable bonds is 11. The van der Waals surface area contributed by atoms with Gasteiger partial charge in [0.1, 0.15) is 17.8 Å². The third-order valence-corrected chi connectivity index (χ3v) is 13.5. The molecule has 0 saturated carbocycles. The molecule has 6 unspecified atom stereocenters. The van der Waals surface area contributed by atoms with Crippen LogP contribution in [-0.2, 0) is 35.3 Å². The van der Waals surface area contributed by atoms with E-state index in [0.717, 1.165) is 46.2 Å². The monoisotopic (exact) mass is 810 g/mol. The van der Waals surface area contributed by atoms with Crippen LogP contribution in [0.3, 0.4) is 0 Å². The van der Waals surface area contributed by atoms with Crippen LogP contribution >= 0.6 is 0 Å². The lowest BCUT2D eigenvalue weighted by Gasteiger charge is -2.49. The van der Waals surface area contributed by atoms with Gasteiger partial charge in [0.25, 0.3) is 0 Å². The summed E-state index contributed by atoms with van der Waals surface area (Å²) in [5.74, 6) is 2.34. The van der Waals surface area contributed by atoms with Crippen molar-refractivity contribution in [1.29, 1.82) is 0 Å². The van der Waals surface area contributed by atoms with Crippen molar-refractivity contribution in [3.8, 4) is 46.0 Å². The number of ether oxygens (including phenoxy) is 6. The Kier molecular flexibility index (Phi) is 11.8. The number of methoxy groups -OCH3 is 3. The molecule has 4 aliphatic rings. The highest BCUT2D eigenvalue weighted by Crippen LogP contribution is 2.54. The van der Waals surface area contributed by atoms with Crippen molar-refractivity contribution in [3.63, 3.8) is 0 Å². The first-order valence-corrected chi connectivity index (χ1v) is 20.6. The summed E-state index contributed by atoms with van der Waals surface area (Å²) in [4.78, 5) is 25.7. The molecule has 4 heterocycles. The van der Waals surface area contributed by atoms with Gasteiger partial charge in [0, 0.05) is 31.2 Å². The van der Waals surface area contributed by atoms with Gasteiger partial charge in [-0.15, -0.1) is 0 Å². The van der Waals surface area contributed by atoms with E-state index in [1.165, 1.54) is 0 Å². The summed E-state index contributed by atoms with van der Waals surface area (Å²) in [5, 5.41) is 21.1. The van der Waals surface area contributed by atoms with Gasteiger partial charge in [0.2, 0.25) is 5.75 Å². The van der Waals surface area contributed by atoms with Crippen LogP contribution in [0.1, 0.15) is 79.1 Å². The van der Waals surface area contributed by atoms with Crippen LogP contribution in [0, 0.1) is 0 Å². The number of fused-ring (bicyclic) bond motifs is 2. The highest BCUT2D eigenvalue weighted by molar-refractivity contribution is 5.72. The number of carboxylic acid groups (broad SMARTS) is 2. The Balaban J connectivity index is 1.55. The Morgan fingerprint density at radius 2 is 1.31 bits per heavy atom. The molecule has 0 aromatic heterocycles. The average molecular weight is 811 g/mol. The maximum Gasteiger partial charge on any atom is 0.362 e.